The average molecular weight is 180 g/mol. The molecule has 3 heteroatoms. The SMILES string of the molecule is CC1CCC/C1=N\NC(=O)C1CC1. The summed E-state index contributed by atoms with van der Waals surface area (Å²) in [7, 11) is 0. The van der Waals surface area contributed by atoms with Crippen LogP contribution in [0.25, 0.3) is 0 Å². The molecule has 0 bridgehead atoms. The van der Waals surface area contributed by atoms with Gasteiger partial charge < -0.3 is 0 Å². The highest BCUT2D eigenvalue weighted by Crippen LogP contribution is 2.29. The summed E-state index contributed by atoms with van der Waals surface area (Å²) in [6.07, 6.45) is 5.60. The Bertz CT molecular complexity index is 243. The van der Waals surface area contributed by atoms with E-state index >= 15 is 0 Å². The van der Waals surface area contributed by atoms with Crippen molar-refractivity contribution in [3.63, 3.8) is 0 Å². The van der Waals surface area contributed by atoms with Gasteiger partial charge in [0, 0.05) is 11.6 Å². The van der Waals surface area contributed by atoms with Crippen LogP contribution < -0.4 is 5.43 Å². The van der Waals surface area contributed by atoms with E-state index < -0.39 is 0 Å². The van der Waals surface area contributed by atoms with Gasteiger partial charge in [-0.2, -0.15) is 5.10 Å². The first-order valence-corrected chi connectivity index (χ1v) is 5.13. The molecule has 72 valence electrons. The van der Waals surface area contributed by atoms with Crippen molar-refractivity contribution in [2.45, 2.75) is 39.0 Å². The van der Waals surface area contributed by atoms with Gasteiger partial charge in [-0.15, -0.1) is 0 Å². The van der Waals surface area contributed by atoms with Gasteiger partial charge in [0.25, 0.3) is 0 Å². The molecule has 0 aromatic carbocycles. The number of hydrogen-bond acceptors (Lipinski definition) is 2. The Labute approximate surface area is 78.6 Å². The number of hydrazone groups is 1. The van der Waals surface area contributed by atoms with Crippen molar-refractivity contribution >= 4 is 11.6 Å². The van der Waals surface area contributed by atoms with Crippen LogP contribution in [0.5, 0.6) is 0 Å². The van der Waals surface area contributed by atoms with Crippen molar-refractivity contribution < 1.29 is 4.79 Å². The highest BCUT2D eigenvalue weighted by atomic mass is 16.2. The fourth-order valence-electron chi connectivity index (χ4n) is 1.73. The van der Waals surface area contributed by atoms with Crippen LogP contribution in [0.4, 0.5) is 0 Å². The zero-order chi connectivity index (χ0) is 9.26. The number of rotatable bonds is 2. The molecular formula is C10H16N2O. The lowest BCUT2D eigenvalue weighted by Crippen LogP contribution is -2.21. The summed E-state index contributed by atoms with van der Waals surface area (Å²) in [4.78, 5) is 11.3. The lowest BCUT2D eigenvalue weighted by Gasteiger charge is -2.03. The Kier molecular flexibility index (Phi) is 2.34. The van der Waals surface area contributed by atoms with Gasteiger partial charge in [0.05, 0.1) is 0 Å². The Morgan fingerprint density at radius 1 is 1.46 bits per heavy atom. The lowest BCUT2D eigenvalue weighted by molar-refractivity contribution is -0.122. The molecule has 0 aromatic rings. The van der Waals surface area contributed by atoms with Crippen molar-refractivity contribution in [2.24, 2.45) is 16.9 Å². The van der Waals surface area contributed by atoms with Crippen LogP contribution in [0.2, 0.25) is 0 Å². The zero-order valence-electron chi connectivity index (χ0n) is 8.05. The molecule has 13 heavy (non-hydrogen) atoms. The van der Waals surface area contributed by atoms with Crippen molar-refractivity contribution in [1.29, 1.82) is 0 Å². The molecular weight excluding hydrogens is 164 g/mol. The van der Waals surface area contributed by atoms with Crippen LogP contribution in [0.1, 0.15) is 39.0 Å². The number of carbonyl (C=O) groups excluding carboxylic acids is 1. The smallest absolute Gasteiger partial charge is 0.243 e. The van der Waals surface area contributed by atoms with Crippen molar-refractivity contribution in [3.8, 4) is 0 Å². The Morgan fingerprint density at radius 2 is 2.23 bits per heavy atom. The predicted octanol–water partition coefficient (Wildman–Crippen LogP) is 1.69. The summed E-state index contributed by atoms with van der Waals surface area (Å²) in [5.41, 5.74) is 3.84. The number of nitrogens with one attached hydrogen (secondary N) is 1. The average Bonchev–Trinajstić information content (AvgIpc) is 2.88. The molecule has 2 saturated carbocycles. The van der Waals surface area contributed by atoms with E-state index in [1.807, 2.05) is 0 Å². The third-order valence-corrected chi connectivity index (χ3v) is 2.90. The zero-order valence-corrected chi connectivity index (χ0v) is 8.05. The third-order valence-electron chi connectivity index (χ3n) is 2.90. The van der Waals surface area contributed by atoms with Gasteiger partial charge in [-0.05, 0) is 38.0 Å². The van der Waals surface area contributed by atoms with E-state index in [0.29, 0.717) is 5.92 Å². The van der Waals surface area contributed by atoms with E-state index in [1.165, 1.54) is 18.6 Å². The first kappa shape index (κ1) is 8.73. The quantitative estimate of drug-likeness (QED) is 0.645. The topological polar surface area (TPSA) is 41.5 Å². The summed E-state index contributed by atoms with van der Waals surface area (Å²) in [6.45, 7) is 2.18. The molecule has 1 atom stereocenters. The molecule has 1 N–H and O–H groups in total. The summed E-state index contributed by atoms with van der Waals surface area (Å²) in [6, 6.07) is 0. The molecule has 2 aliphatic rings. The second kappa shape index (κ2) is 3.48. The van der Waals surface area contributed by atoms with Crippen LogP contribution >= 0.6 is 0 Å². The molecule has 1 amide bonds. The second-order valence-electron chi connectivity index (χ2n) is 4.15. The fraction of sp³-hybridized carbons (Fsp3) is 0.800. The minimum absolute atomic E-state index is 0.117. The maximum Gasteiger partial charge on any atom is 0.243 e. The summed E-state index contributed by atoms with van der Waals surface area (Å²) in [5, 5.41) is 4.18. The molecule has 2 rings (SSSR count). The van der Waals surface area contributed by atoms with E-state index in [-0.39, 0.29) is 11.8 Å². The normalized spacial score (nSPS) is 30.8. The van der Waals surface area contributed by atoms with Crippen LogP contribution in [-0.2, 0) is 4.79 Å². The van der Waals surface area contributed by atoms with Crippen LogP contribution in [0, 0.1) is 11.8 Å². The Morgan fingerprint density at radius 3 is 2.77 bits per heavy atom. The first-order chi connectivity index (χ1) is 6.27. The molecule has 0 aromatic heterocycles. The maximum atomic E-state index is 11.3. The fourth-order valence-corrected chi connectivity index (χ4v) is 1.73. The van der Waals surface area contributed by atoms with Crippen LogP contribution in [0.3, 0.4) is 0 Å². The Hall–Kier alpha value is -0.860. The minimum atomic E-state index is 0.117. The summed E-state index contributed by atoms with van der Waals surface area (Å²) in [5.74, 6) is 0.951. The largest absolute Gasteiger partial charge is 0.273 e. The first-order valence-electron chi connectivity index (χ1n) is 5.13. The van der Waals surface area contributed by atoms with E-state index in [1.54, 1.807) is 0 Å². The van der Waals surface area contributed by atoms with E-state index in [2.05, 4.69) is 17.5 Å². The standard InChI is InChI=1S/C10H16N2O/c1-7-3-2-4-9(7)11-12-10(13)8-5-6-8/h7-8H,2-6H2,1H3,(H,12,13)/b11-9+. The van der Waals surface area contributed by atoms with E-state index in [0.717, 1.165) is 19.3 Å². The number of amides is 1. The van der Waals surface area contributed by atoms with E-state index in [4.69, 9.17) is 0 Å². The number of carbonyl (C=O) groups is 1. The molecule has 0 saturated heterocycles. The molecule has 1 unspecified atom stereocenters. The van der Waals surface area contributed by atoms with Gasteiger partial charge >= 0.3 is 0 Å². The second-order valence-corrected chi connectivity index (χ2v) is 4.15. The maximum absolute atomic E-state index is 11.3. The van der Waals surface area contributed by atoms with Gasteiger partial charge in [0.2, 0.25) is 5.91 Å². The van der Waals surface area contributed by atoms with Gasteiger partial charge in [-0.3, -0.25) is 4.79 Å². The third kappa shape index (κ3) is 2.08. The van der Waals surface area contributed by atoms with Crippen molar-refractivity contribution in [1.82, 2.24) is 5.43 Å². The molecule has 3 nitrogen and oxygen atoms in total. The Balaban J connectivity index is 1.84. The van der Waals surface area contributed by atoms with E-state index in [9.17, 15) is 4.79 Å². The summed E-state index contributed by atoms with van der Waals surface area (Å²) < 4.78 is 0. The monoisotopic (exact) mass is 180 g/mol. The minimum Gasteiger partial charge on any atom is -0.273 e. The lowest BCUT2D eigenvalue weighted by atomic mass is 10.1. The van der Waals surface area contributed by atoms with Crippen molar-refractivity contribution in [3.05, 3.63) is 0 Å². The number of hydrogen-bond donors (Lipinski definition) is 1. The molecule has 0 aliphatic heterocycles. The van der Waals surface area contributed by atoms with Gasteiger partial charge in [-0.1, -0.05) is 6.92 Å². The summed E-state index contributed by atoms with van der Waals surface area (Å²) >= 11 is 0. The van der Waals surface area contributed by atoms with Gasteiger partial charge in [0.15, 0.2) is 0 Å². The highest BCUT2D eigenvalue weighted by molar-refractivity contribution is 5.90. The number of nitrogens with zero attached hydrogens (tertiary/aromatic N) is 1. The molecule has 2 fully saturated rings. The molecule has 0 heterocycles. The highest BCUT2D eigenvalue weighted by Gasteiger charge is 2.29. The molecule has 2 aliphatic carbocycles. The van der Waals surface area contributed by atoms with Gasteiger partial charge in [-0.25, -0.2) is 5.43 Å². The molecule has 0 spiro atoms. The predicted molar refractivity (Wildman–Crippen MR) is 51.3 cm³/mol. The molecule has 0 radical (unpaired) electrons. The van der Waals surface area contributed by atoms with Crippen LogP contribution in [0.15, 0.2) is 5.10 Å². The van der Waals surface area contributed by atoms with Crippen LogP contribution in [-0.4, -0.2) is 11.6 Å². The van der Waals surface area contributed by atoms with Crippen molar-refractivity contribution in [2.75, 3.05) is 0 Å². The van der Waals surface area contributed by atoms with Gasteiger partial charge in [0.1, 0.15) is 0 Å².